The zero-order chi connectivity index (χ0) is 22.7. The molecular formula is C22H17F3N4O3. The second-order valence-corrected chi connectivity index (χ2v) is 6.86. The number of aromatic nitrogens is 3. The van der Waals surface area contributed by atoms with E-state index in [9.17, 15) is 18.0 Å². The molecule has 2 aromatic carbocycles. The van der Waals surface area contributed by atoms with E-state index >= 15 is 0 Å². The van der Waals surface area contributed by atoms with Crippen LogP contribution < -0.4 is 15.6 Å². The first kappa shape index (κ1) is 21.2. The largest absolute Gasteiger partial charge is 0.573 e. The number of alkyl halides is 3. The van der Waals surface area contributed by atoms with Gasteiger partial charge in [-0.15, -0.1) is 13.2 Å². The Morgan fingerprint density at radius 2 is 1.78 bits per heavy atom. The zero-order valence-electron chi connectivity index (χ0n) is 16.7. The highest BCUT2D eigenvalue weighted by molar-refractivity contribution is 5.60. The highest BCUT2D eigenvalue weighted by atomic mass is 19.4. The molecule has 0 unspecified atom stereocenters. The number of H-pyrrole nitrogens is 1. The topological polar surface area (TPSA) is 93.0 Å². The SMILES string of the molecule is CNc1ccc(Cc2cc(-c3nc(-c4ccc(OC(F)(F)F)cc4)no3)c[nH]c2=O)cc1. The summed E-state index contributed by atoms with van der Waals surface area (Å²) in [4.78, 5) is 19.2. The molecule has 0 spiro atoms. The van der Waals surface area contributed by atoms with Crippen LogP contribution in [-0.2, 0) is 6.42 Å². The van der Waals surface area contributed by atoms with Gasteiger partial charge in [-0.1, -0.05) is 17.3 Å². The molecule has 0 atom stereocenters. The summed E-state index contributed by atoms with van der Waals surface area (Å²) in [5, 5.41) is 6.91. The van der Waals surface area contributed by atoms with Crippen LogP contribution in [0.2, 0.25) is 0 Å². The predicted octanol–water partition coefficient (Wildman–Crippen LogP) is 4.62. The number of hydrogen-bond donors (Lipinski definition) is 2. The minimum atomic E-state index is -4.77. The highest BCUT2D eigenvalue weighted by Crippen LogP contribution is 2.27. The summed E-state index contributed by atoms with van der Waals surface area (Å²) in [5.41, 5.74) is 3.18. The van der Waals surface area contributed by atoms with Gasteiger partial charge in [0.2, 0.25) is 5.82 Å². The number of nitrogens with zero attached hydrogens (tertiary/aromatic N) is 2. The third-order valence-corrected chi connectivity index (χ3v) is 4.64. The van der Waals surface area contributed by atoms with Crippen molar-refractivity contribution in [2.45, 2.75) is 12.8 Å². The molecule has 7 nitrogen and oxygen atoms in total. The molecule has 2 aromatic heterocycles. The summed E-state index contributed by atoms with van der Waals surface area (Å²) >= 11 is 0. The molecule has 0 aliphatic rings. The molecule has 164 valence electrons. The van der Waals surface area contributed by atoms with E-state index in [-0.39, 0.29) is 23.0 Å². The molecule has 2 N–H and O–H groups in total. The third kappa shape index (κ3) is 4.97. The quantitative estimate of drug-likeness (QED) is 0.453. The van der Waals surface area contributed by atoms with Crippen molar-refractivity contribution in [3.63, 3.8) is 0 Å². The minimum absolute atomic E-state index is 0.165. The van der Waals surface area contributed by atoms with Gasteiger partial charge in [-0.2, -0.15) is 4.98 Å². The fraction of sp³-hybridized carbons (Fsp3) is 0.136. The summed E-state index contributed by atoms with van der Waals surface area (Å²) in [7, 11) is 1.83. The van der Waals surface area contributed by atoms with Crippen LogP contribution in [0.25, 0.3) is 22.8 Å². The van der Waals surface area contributed by atoms with Gasteiger partial charge in [-0.3, -0.25) is 4.79 Å². The lowest BCUT2D eigenvalue weighted by Crippen LogP contribution is -2.16. The molecule has 32 heavy (non-hydrogen) atoms. The molecular weight excluding hydrogens is 425 g/mol. The van der Waals surface area contributed by atoms with E-state index in [1.165, 1.54) is 18.3 Å². The number of halogens is 3. The van der Waals surface area contributed by atoms with Crippen molar-refractivity contribution >= 4 is 5.69 Å². The Hall–Kier alpha value is -4.08. The Bertz CT molecular complexity index is 1260. The van der Waals surface area contributed by atoms with E-state index in [1.807, 2.05) is 31.3 Å². The van der Waals surface area contributed by atoms with Gasteiger partial charge in [0.25, 0.3) is 11.4 Å². The summed E-state index contributed by atoms with van der Waals surface area (Å²) in [6.45, 7) is 0. The van der Waals surface area contributed by atoms with Gasteiger partial charge in [0, 0.05) is 36.5 Å². The molecule has 0 radical (unpaired) electrons. The van der Waals surface area contributed by atoms with Gasteiger partial charge in [-0.25, -0.2) is 0 Å². The molecule has 0 aliphatic carbocycles. The van der Waals surface area contributed by atoms with Crippen molar-refractivity contribution in [3.8, 4) is 28.6 Å². The molecule has 10 heteroatoms. The molecule has 4 aromatic rings. The van der Waals surface area contributed by atoms with Crippen LogP contribution in [-0.4, -0.2) is 28.5 Å². The van der Waals surface area contributed by atoms with Crippen molar-refractivity contribution in [3.05, 3.63) is 82.3 Å². The number of hydrogen-bond acceptors (Lipinski definition) is 6. The van der Waals surface area contributed by atoms with Gasteiger partial charge < -0.3 is 19.6 Å². The van der Waals surface area contributed by atoms with Crippen LogP contribution in [0.5, 0.6) is 5.75 Å². The van der Waals surface area contributed by atoms with Crippen LogP contribution in [0, 0.1) is 0 Å². The maximum Gasteiger partial charge on any atom is 0.573 e. The van der Waals surface area contributed by atoms with Crippen LogP contribution in [0.1, 0.15) is 11.1 Å². The fourth-order valence-electron chi connectivity index (χ4n) is 3.06. The Kier molecular flexibility index (Phi) is 5.67. The summed E-state index contributed by atoms with van der Waals surface area (Å²) in [6.07, 6.45) is -2.89. The first-order valence-electron chi connectivity index (χ1n) is 9.49. The number of aromatic amines is 1. The van der Waals surface area contributed by atoms with Crippen LogP contribution in [0.3, 0.4) is 0 Å². The van der Waals surface area contributed by atoms with Crippen molar-refractivity contribution in [2.24, 2.45) is 0 Å². The highest BCUT2D eigenvalue weighted by Gasteiger charge is 2.31. The first-order valence-corrected chi connectivity index (χ1v) is 9.49. The van der Waals surface area contributed by atoms with E-state index in [2.05, 4.69) is 25.2 Å². The smallest absolute Gasteiger partial charge is 0.406 e. The average molecular weight is 442 g/mol. The molecule has 4 rings (SSSR count). The maximum atomic E-state index is 12.3. The van der Waals surface area contributed by atoms with Crippen molar-refractivity contribution < 1.29 is 22.4 Å². The van der Waals surface area contributed by atoms with E-state index in [1.54, 1.807) is 6.07 Å². The molecule has 0 amide bonds. The molecule has 0 saturated heterocycles. The number of rotatable bonds is 6. The van der Waals surface area contributed by atoms with E-state index in [4.69, 9.17) is 4.52 Å². The van der Waals surface area contributed by atoms with E-state index in [0.717, 1.165) is 23.4 Å². The lowest BCUT2D eigenvalue weighted by Gasteiger charge is -2.08. The predicted molar refractivity (Wildman–Crippen MR) is 111 cm³/mol. The zero-order valence-corrected chi connectivity index (χ0v) is 16.7. The second kappa shape index (κ2) is 8.58. The summed E-state index contributed by atoms with van der Waals surface area (Å²) in [5.74, 6) is 0.00519. The third-order valence-electron chi connectivity index (χ3n) is 4.64. The van der Waals surface area contributed by atoms with Crippen molar-refractivity contribution in [1.82, 2.24) is 15.1 Å². The van der Waals surface area contributed by atoms with Crippen molar-refractivity contribution in [1.29, 1.82) is 0 Å². The fourth-order valence-corrected chi connectivity index (χ4v) is 3.06. The number of benzene rings is 2. The van der Waals surface area contributed by atoms with Crippen LogP contribution >= 0.6 is 0 Å². The van der Waals surface area contributed by atoms with Crippen LogP contribution in [0.4, 0.5) is 18.9 Å². The maximum absolute atomic E-state index is 12.3. The van der Waals surface area contributed by atoms with E-state index in [0.29, 0.717) is 23.1 Å². The lowest BCUT2D eigenvalue weighted by atomic mass is 10.0. The molecule has 0 aliphatic heterocycles. The molecule has 0 fully saturated rings. The van der Waals surface area contributed by atoms with Gasteiger partial charge in [-0.05, 0) is 48.0 Å². The monoisotopic (exact) mass is 442 g/mol. The Morgan fingerprint density at radius 3 is 2.44 bits per heavy atom. The Balaban J connectivity index is 1.55. The molecule has 0 bridgehead atoms. The molecule has 2 heterocycles. The minimum Gasteiger partial charge on any atom is -0.406 e. The average Bonchev–Trinajstić information content (AvgIpc) is 3.25. The number of ether oxygens (including phenoxy) is 1. The van der Waals surface area contributed by atoms with Gasteiger partial charge in [0.05, 0.1) is 5.56 Å². The lowest BCUT2D eigenvalue weighted by molar-refractivity contribution is -0.274. The Labute approximate surface area is 179 Å². The second-order valence-electron chi connectivity index (χ2n) is 6.86. The van der Waals surface area contributed by atoms with E-state index < -0.39 is 6.36 Å². The number of anilines is 1. The van der Waals surface area contributed by atoms with Gasteiger partial charge in [0.15, 0.2) is 0 Å². The van der Waals surface area contributed by atoms with Gasteiger partial charge in [0.1, 0.15) is 5.75 Å². The van der Waals surface area contributed by atoms with Gasteiger partial charge >= 0.3 is 6.36 Å². The number of pyridine rings is 1. The van der Waals surface area contributed by atoms with Crippen LogP contribution in [0.15, 0.2) is 70.1 Å². The first-order chi connectivity index (χ1) is 15.3. The number of nitrogens with one attached hydrogen (secondary N) is 2. The normalized spacial score (nSPS) is 11.4. The molecule has 0 saturated carbocycles. The standard InChI is InChI=1S/C22H17F3N4O3/c1-26-17-6-2-13(3-7-17)10-15-11-16(12-27-20(15)30)21-28-19(29-32-21)14-4-8-18(9-5-14)31-22(23,24)25/h2-9,11-12,26H,10H2,1H3,(H,27,30). The Morgan fingerprint density at radius 1 is 1.06 bits per heavy atom. The van der Waals surface area contributed by atoms with Crippen molar-refractivity contribution in [2.75, 3.05) is 12.4 Å². The summed E-state index contributed by atoms with van der Waals surface area (Å²) in [6, 6.07) is 14.5. The summed E-state index contributed by atoms with van der Waals surface area (Å²) < 4.78 is 46.0.